The van der Waals surface area contributed by atoms with Crippen LogP contribution in [0.15, 0.2) is 67.3 Å². The van der Waals surface area contributed by atoms with Crippen molar-refractivity contribution < 1.29 is 14.6 Å². The van der Waals surface area contributed by atoms with Gasteiger partial charge in [0.2, 0.25) is 0 Å². The van der Waals surface area contributed by atoms with Crippen LogP contribution in [-0.2, 0) is 0 Å². The van der Waals surface area contributed by atoms with Crippen LogP contribution in [0.5, 0.6) is 11.5 Å². The fourth-order valence-electron chi connectivity index (χ4n) is 2.20. The molecule has 1 aromatic heterocycles. The molecule has 126 valence electrons. The van der Waals surface area contributed by atoms with Crippen LogP contribution in [0.4, 0.5) is 0 Å². The van der Waals surface area contributed by atoms with Crippen molar-refractivity contribution in [2.45, 2.75) is 6.10 Å². The van der Waals surface area contributed by atoms with E-state index in [4.69, 9.17) is 14.7 Å². The first-order valence-electron chi connectivity index (χ1n) is 7.77. The van der Waals surface area contributed by atoms with Gasteiger partial charge in [-0.25, -0.2) is 4.98 Å². The van der Waals surface area contributed by atoms with Crippen molar-refractivity contribution in [2.24, 2.45) is 0 Å². The number of ether oxygens (including phenoxy) is 2. The van der Waals surface area contributed by atoms with Crippen LogP contribution in [0.2, 0.25) is 0 Å². The quantitative estimate of drug-likeness (QED) is 0.718. The van der Waals surface area contributed by atoms with Crippen molar-refractivity contribution in [3.8, 4) is 23.3 Å². The molecule has 6 nitrogen and oxygen atoms in total. The molecular weight excluding hydrogens is 318 g/mol. The summed E-state index contributed by atoms with van der Waals surface area (Å²) in [6.45, 7) is 0.219. The topological polar surface area (TPSA) is 80.3 Å². The molecule has 0 fully saturated rings. The zero-order valence-corrected chi connectivity index (χ0v) is 13.4. The Morgan fingerprint density at radius 3 is 2.52 bits per heavy atom. The fourth-order valence-corrected chi connectivity index (χ4v) is 2.20. The number of nitriles is 1. The van der Waals surface area contributed by atoms with Crippen molar-refractivity contribution in [3.63, 3.8) is 0 Å². The Labute approximate surface area is 145 Å². The van der Waals surface area contributed by atoms with E-state index in [1.54, 1.807) is 36.8 Å². The molecule has 0 unspecified atom stereocenters. The summed E-state index contributed by atoms with van der Waals surface area (Å²) >= 11 is 0. The molecule has 1 heterocycles. The Morgan fingerprint density at radius 1 is 1.08 bits per heavy atom. The van der Waals surface area contributed by atoms with Crippen LogP contribution in [0.25, 0.3) is 5.69 Å². The maximum Gasteiger partial charge on any atom is 0.122 e. The Morgan fingerprint density at radius 2 is 1.84 bits per heavy atom. The van der Waals surface area contributed by atoms with Gasteiger partial charge in [0.15, 0.2) is 0 Å². The summed E-state index contributed by atoms with van der Waals surface area (Å²) in [5.74, 6) is 1.25. The molecule has 0 saturated heterocycles. The molecule has 0 saturated carbocycles. The van der Waals surface area contributed by atoms with Crippen molar-refractivity contribution in [1.82, 2.24) is 9.55 Å². The molecule has 0 bridgehead atoms. The van der Waals surface area contributed by atoms with Crippen LogP contribution in [0.3, 0.4) is 0 Å². The van der Waals surface area contributed by atoms with Gasteiger partial charge >= 0.3 is 0 Å². The Hall–Kier alpha value is -3.30. The van der Waals surface area contributed by atoms with Gasteiger partial charge in [0, 0.05) is 18.5 Å². The highest BCUT2D eigenvalue weighted by atomic mass is 16.5. The Balaban J connectivity index is 1.49. The van der Waals surface area contributed by atoms with Crippen LogP contribution >= 0.6 is 0 Å². The summed E-state index contributed by atoms with van der Waals surface area (Å²) < 4.78 is 13.0. The van der Waals surface area contributed by atoms with Gasteiger partial charge < -0.3 is 19.1 Å². The molecule has 0 amide bonds. The van der Waals surface area contributed by atoms with Crippen LogP contribution in [0, 0.1) is 11.3 Å². The van der Waals surface area contributed by atoms with Crippen molar-refractivity contribution in [3.05, 3.63) is 72.8 Å². The number of hydrogen-bond acceptors (Lipinski definition) is 5. The van der Waals surface area contributed by atoms with E-state index in [1.165, 1.54) is 0 Å². The molecule has 1 atom stereocenters. The predicted octanol–water partition coefficient (Wildman–Crippen LogP) is 2.56. The minimum Gasteiger partial charge on any atom is -0.491 e. The molecule has 0 aliphatic carbocycles. The minimum atomic E-state index is -0.771. The van der Waals surface area contributed by atoms with Gasteiger partial charge in [-0.3, -0.25) is 0 Å². The zero-order valence-electron chi connectivity index (χ0n) is 13.4. The van der Waals surface area contributed by atoms with Gasteiger partial charge in [-0.15, -0.1) is 0 Å². The number of aliphatic hydroxyl groups is 1. The number of imidazole rings is 1. The monoisotopic (exact) mass is 335 g/mol. The summed E-state index contributed by atoms with van der Waals surface area (Å²) in [7, 11) is 0. The lowest BCUT2D eigenvalue weighted by atomic mass is 10.2. The van der Waals surface area contributed by atoms with E-state index >= 15 is 0 Å². The number of aliphatic hydroxyl groups excluding tert-OH is 1. The van der Waals surface area contributed by atoms with Crippen molar-refractivity contribution in [2.75, 3.05) is 13.2 Å². The van der Waals surface area contributed by atoms with Crippen LogP contribution in [-0.4, -0.2) is 34.0 Å². The standard InChI is InChI=1S/C19H17N3O3/c20-11-15-4-6-18(7-5-15)24-12-17(23)13-25-19-3-1-2-16(10-19)22-9-8-21-14-22/h1-10,14,17,23H,12-13H2/t17-/m1/s1. The molecule has 25 heavy (non-hydrogen) atoms. The van der Waals surface area contributed by atoms with Crippen LogP contribution in [0.1, 0.15) is 5.56 Å². The molecule has 3 rings (SSSR count). The first-order chi connectivity index (χ1) is 12.2. The van der Waals surface area contributed by atoms with Gasteiger partial charge in [0.1, 0.15) is 30.8 Å². The molecule has 6 heteroatoms. The first-order valence-corrected chi connectivity index (χ1v) is 7.77. The third-order valence-electron chi connectivity index (χ3n) is 3.49. The second-order valence-electron chi connectivity index (χ2n) is 5.38. The molecule has 2 aromatic carbocycles. The van der Waals surface area contributed by atoms with Crippen LogP contribution < -0.4 is 9.47 Å². The highest BCUT2D eigenvalue weighted by Gasteiger charge is 2.07. The highest BCUT2D eigenvalue weighted by Crippen LogP contribution is 2.17. The number of benzene rings is 2. The lowest BCUT2D eigenvalue weighted by Gasteiger charge is -2.14. The zero-order chi connectivity index (χ0) is 17.5. The summed E-state index contributed by atoms with van der Waals surface area (Å²) in [6.07, 6.45) is 4.49. The lowest BCUT2D eigenvalue weighted by Crippen LogP contribution is -2.25. The van der Waals surface area contributed by atoms with E-state index in [9.17, 15) is 5.11 Å². The summed E-state index contributed by atoms with van der Waals surface area (Å²) in [4.78, 5) is 4.01. The third-order valence-corrected chi connectivity index (χ3v) is 3.49. The van der Waals surface area contributed by atoms with Gasteiger partial charge in [0.25, 0.3) is 0 Å². The van der Waals surface area contributed by atoms with Crippen molar-refractivity contribution in [1.29, 1.82) is 5.26 Å². The maximum atomic E-state index is 10.0. The molecule has 0 radical (unpaired) electrons. The molecule has 0 spiro atoms. The van der Waals surface area contributed by atoms with Gasteiger partial charge in [-0.1, -0.05) is 6.07 Å². The maximum absolute atomic E-state index is 10.0. The SMILES string of the molecule is N#Cc1ccc(OC[C@@H](O)COc2cccc(-n3ccnc3)c2)cc1. The molecule has 3 aromatic rings. The average Bonchev–Trinajstić information content (AvgIpc) is 3.20. The van der Waals surface area contributed by atoms with E-state index in [0.29, 0.717) is 17.1 Å². The number of nitrogens with zero attached hydrogens (tertiary/aromatic N) is 3. The number of rotatable bonds is 7. The predicted molar refractivity (Wildman–Crippen MR) is 91.7 cm³/mol. The fraction of sp³-hybridized carbons (Fsp3) is 0.158. The van der Waals surface area contributed by atoms with Gasteiger partial charge in [-0.2, -0.15) is 5.26 Å². The van der Waals surface area contributed by atoms with Gasteiger partial charge in [-0.05, 0) is 36.4 Å². The lowest BCUT2D eigenvalue weighted by molar-refractivity contribution is 0.0626. The Kier molecular flexibility index (Phi) is 5.29. The van der Waals surface area contributed by atoms with Crippen molar-refractivity contribution >= 4 is 0 Å². The second-order valence-corrected chi connectivity index (χ2v) is 5.38. The second kappa shape index (κ2) is 7.99. The van der Waals surface area contributed by atoms with E-state index in [1.807, 2.05) is 41.1 Å². The molecule has 1 N–H and O–H groups in total. The normalized spacial score (nSPS) is 11.5. The summed E-state index contributed by atoms with van der Waals surface area (Å²) in [6, 6.07) is 16.3. The van der Waals surface area contributed by atoms with Gasteiger partial charge in [0.05, 0.1) is 23.6 Å². The molecular formula is C19H17N3O3. The number of aromatic nitrogens is 2. The smallest absolute Gasteiger partial charge is 0.122 e. The molecule has 0 aliphatic rings. The summed E-state index contributed by atoms with van der Waals surface area (Å²) in [5.41, 5.74) is 1.49. The van der Waals surface area contributed by atoms with E-state index < -0.39 is 6.10 Å². The minimum absolute atomic E-state index is 0.104. The summed E-state index contributed by atoms with van der Waals surface area (Å²) in [5, 5.41) is 18.8. The average molecular weight is 335 g/mol. The first kappa shape index (κ1) is 16.6. The number of hydrogen-bond donors (Lipinski definition) is 1. The molecule has 0 aliphatic heterocycles. The van der Waals surface area contributed by atoms with E-state index in [2.05, 4.69) is 4.98 Å². The highest BCUT2D eigenvalue weighted by molar-refractivity contribution is 5.39. The largest absolute Gasteiger partial charge is 0.491 e. The van der Waals surface area contributed by atoms with E-state index in [-0.39, 0.29) is 13.2 Å². The van der Waals surface area contributed by atoms with E-state index in [0.717, 1.165) is 5.69 Å². The third kappa shape index (κ3) is 4.59. The Bertz CT molecular complexity index is 839.